The highest BCUT2D eigenvalue weighted by atomic mass is 32.1. The Labute approximate surface area is 176 Å². The summed E-state index contributed by atoms with van der Waals surface area (Å²) >= 11 is 0.922. The zero-order valence-electron chi connectivity index (χ0n) is 16.5. The number of thiophene rings is 1. The summed E-state index contributed by atoms with van der Waals surface area (Å²) in [5, 5.41) is 5.35. The molecule has 6 nitrogen and oxygen atoms in total. The number of rotatable bonds is 5. The molecule has 0 atom stereocenters. The predicted molar refractivity (Wildman–Crippen MR) is 114 cm³/mol. The van der Waals surface area contributed by atoms with Gasteiger partial charge >= 0.3 is 5.97 Å². The maximum atomic E-state index is 13.9. The van der Waals surface area contributed by atoms with Gasteiger partial charge in [0.1, 0.15) is 10.8 Å². The molecule has 2 amide bonds. The van der Waals surface area contributed by atoms with Crippen LogP contribution in [0.15, 0.2) is 48.5 Å². The summed E-state index contributed by atoms with van der Waals surface area (Å²) in [6, 6.07) is 12.7. The number of esters is 1. The zero-order valence-corrected chi connectivity index (χ0v) is 17.4. The van der Waals surface area contributed by atoms with Crippen molar-refractivity contribution < 1.29 is 23.5 Å². The molecule has 1 aromatic heterocycles. The van der Waals surface area contributed by atoms with Crippen molar-refractivity contribution in [3.8, 4) is 0 Å². The van der Waals surface area contributed by atoms with E-state index in [1.54, 1.807) is 37.3 Å². The van der Waals surface area contributed by atoms with Crippen molar-refractivity contribution in [2.24, 2.45) is 0 Å². The second kappa shape index (κ2) is 8.87. The molecule has 0 saturated heterocycles. The number of hydrogen-bond donors (Lipinski definition) is 2. The van der Waals surface area contributed by atoms with Crippen molar-refractivity contribution in [3.05, 3.63) is 81.5 Å². The lowest BCUT2D eigenvalue weighted by atomic mass is 10.1. The quantitative estimate of drug-likeness (QED) is 0.574. The number of nitrogens with one attached hydrogen (secondary N) is 2. The molecule has 0 aliphatic rings. The number of anilines is 2. The van der Waals surface area contributed by atoms with Gasteiger partial charge in [0.15, 0.2) is 0 Å². The molecule has 8 heteroatoms. The monoisotopic (exact) mass is 426 g/mol. The lowest BCUT2D eigenvalue weighted by Crippen LogP contribution is -2.14. The van der Waals surface area contributed by atoms with Crippen molar-refractivity contribution in [2.45, 2.75) is 13.8 Å². The fourth-order valence-electron chi connectivity index (χ4n) is 2.79. The highest BCUT2D eigenvalue weighted by Crippen LogP contribution is 2.34. The van der Waals surface area contributed by atoms with Crippen LogP contribution in [0.4, 0.5) is 15.1 Å². The van der Waals surface area contributed by atoms with Crippen LogP contribution in [-0.4, -0.2) is 24.9 Å². The van der Waals surface area contributed by atoms with Gasteiger partial charge in [0, 0.05) is 5.56 Å². The van der Waals surface area contributed by atoms with Crippen LogP contribution in [0, 0.1) is 19.7 Å². The summed E-state index contributed by atoms with van der Waals surface area (Å²) in [4.78, 5) is 37.8. The first kappa shape index (κ1) is 21.2. The van der Waals surface area contributed by atoms with Crippen LogP contribution in [0.25, 0.3) is 0 Å². The van der Waals surface area contributed by atoms with Gasteiger partial charge in [-0.15, -0.1) is 11.3 Å². The van der Waals surface area contributed by atoms with Crippen LogP contribution >= 0.6 is 11.3 Å². The normalized spacial score (nSPS) is 10.4. The number of carbonyl (C=O) groups is 3. The molecule has 0 fully saturated rings. The van der Waals surface area contributed by atoms with Crippen molar-refractivity contribution in [1.82, 2.24) is 0 Å². The molecule has 2 aromatic carbocycles. The molecule has 1 heterocycles. The Balaban J connectivity index is 1.94. The Hall–Kier alpha value is -3.52. The molecule has 0 spiro atoms. The SMILES string of the molecule is COC(=O)c1c(NC(=O)c2ccc(C)cc2)sc(C(=O)Nc2ccccc2F)c1C. The Morgan fingerprint density at radius 1 is 0.933 bits per heavy atom. The molecule has 0 aliphatic heterocycles. The van der Waals surface area contributed by atoms with Gasteiger partial charge in [0.25, 0.3) is 11.8 Å². The first-order chi connectivity index (χ1) is 14.3. The van der Waals surface area contributed by atoms with E-state index >= 15 is 0 Å². The molecule has 0 saturated carbocycles. The summed E-state index contributed by atoms with van der Waals surface area (Å²) in [7, 11) is 1.21. The number of halogens is 1. The average molecular weight is 426 g/mol. The first-order valence-corrected chi connectivity index (χ1v) is 9.79. The standard InChI is InChI=1S/C22H19FN2O4S/c1-12-8-10-14(11-9-12)19(26)25-21-17(22(28)29-3)13(2)18(30-21)20(27)24-16-7-5-4-6-15(16)23/h4-11H,1-3H3,(H,24,27)(H,25,26). The number of methoxy groups -OCH3 is 1. The van der Waals surface area contributed by atoms with Gasteiger partial charge in [0.05, 0.1) is 23.2 Å². The minimum Gasteiger partial charge on any atom is -0.465 e. The highest BCUT2D eigenvalue weighted by molar-refractivity contribution is 7.19. The molecule has 3 rings (SSSR count). The van der Waals surface area contributed by atoms with Gasteiger partial charge in [-0.25, -0.2) is 9.18 Å². The Kier molecular flexibility index (Phi) is 6.27. The summed E-state index contributed by atoms with van der Waals surface area (Å²) in [5.74, 6) is -2.29. The van der Waals surface area contributed by atoms with Crippen molar-refractivity contribution in [2.75, 3.05) is 17.7 Å². The number of amides is 2. The van der Waals surface area contributed by atoms with Crippen molar-refractivity contribution >= 4 is 39.8 Å². The van der Waals surface area contributed by atoms with Crippen LogP contribution in [0.1, 0.15) is 41.5 Å². The summed E-state index contributed by atoms with van der Waals surface area (Å²) in [6.07, 6.45) is 0. The maximum absolute atomic E-state index is 13.9. The van der Waals surface area contributed by atoms with E-state index in [9.17, 15) is 18.8 Å². The average Bonchev–Trinajstić information content (AvgIpc) is 3.05. The molecular weight excluding hydrogens is 407 g/mol. The third-order valence-electron chi connectivity index (χ3n) is 4.41. The Morgan fingerprint density at radius 3 is 2.23 bits per heavy atom. The second-order valence-electron chi connectivity index (χ2n) is 6.51. The maximum Gasteiger partial charge on any atom is 0.341 e. The molecule has 0 unspecified atom stereocenters. The first-order valence-electron chi connectivity index (χ1n) is 8.97. The van der Waals surface area contributed by atoms with Crippen LogP contribution in [0.2, 0.25) is 0 Å². The second-order valence-corrected chi connectivity index (χ2v) is 7.53. The van der Waals surface area contributed by atoms with E-state index < -0.39 is 23.6 Å². The molecule has 3 aromatic rings. The Bertz CT molecular complexity index is 1120. The van der Waals surface area contributed by atoms with E-state index in [1.165, 1.54) is 25.3 Å². The fourth-order valence-corrected chi connectivity index (χ4v) is 3.87. The minimum absolute atomic E-state index is 0.0140. The molecule has 2 N–H and O–H groups in total. The summed E-state index contributed by atoms with van der Waals surface area (Å²) < 4.78 is 18.7. The van der Waals surface area contributed by atoms with E-state index in [0.29, 0.717) is 11.1 Å². The van der Waals surface area contributed by atoms with E-state index in [4.69, 9.17) is 4.74 Å². The van der Waals surface area contributed by atoms with Gasteiger partial charge in [-0.05, 0) is 43.7 Å². The van der Waals surface area contributed by atoms with Crippen LogP contribution in [0.3, 0.4) is 0 Å². The van der Waals surface area contributed by atoms with Crippen LogP contribution in [-0.2, 0) is 4.74 Å². The van der Waals surface area contributed by atoms with E-state index in [-0.39, 0.29) is 21.1 Å². The lowest BCUT2D eigenvalue weighted by Gasteiger charge is -2.06. The molecule has 0 bridgehead atoms. The van der Waals surface area contributed by atoms with Gasteiger partial charge in [-0.3, -0.25) is 9.59 Å². The number of carbonyl (C=O) groups excluding carboxylic acids is 3. The van der Waals surface area contributed by atoms with Crippen LogP contribution in [0.5, 0.6) is 0 Å². The zero-order chi connectivity index (χ0) is 21.8. The van der Waals surface area contributed by atoms with E-state index in [1.807, 2.05) is 6.92 Å². The molecule has 0 aliphatic carbocycles. The largest absolute Gasteiger partial charge is 0.465 e. The summed E-state index contributed by atoms with van der Waals surface area (Å²) in [6.45, 7) is 3.47. The topological polar surface area (TPSA) is 84.5 Å². The highest BCUT2D eigenvalue weighted by Gasteiger charge is 2.27. The van der Waals surface area contributed by atoms with Gasteiger partial charge in [-0.1, -0.05) is 29.8 Å². The van der Waals surface area contributed by atoms with Gasteiger partial charge in [0.2, 0.25) is 0 Å². The predicted octanol–water partition coefficient (Wildman–Crippen LogP) is 4.80. The smallest absolute Gasteiger partial charge is 0.341 e. The van der Waals surface area contributed by atoms with Gasteiger partial charge < -0.3 is 15.4 Å². The lowest BCUT2D eigenvalue weighted by molar-refractivity contribution is 0.0601. The number of aryl methyl sites for hydroxylation is 1. The molecular formula is C22H19FN2O4S. The number of para-hydroxylation sites is 1. The van der Waals surface area contributed by atoms with Gasteiger partial charge in [-0.2, -0.15) is 0 Å². The number of ether oxygens (including phenoxy) is 1. The van der Waals surface area contributed by atoms with Crippen molar-refractivity contribution in [3.63, 3.8) is 0 Å². The molecule has 154 valence electrons. The van der Waals surface area contributed by atoms with E-state index in [0.717, 1.165) is 16.9 Å². The Morgan fingerprint density at radius 2 is 1.60 bits per heavy atom. The van der Waals surface area contributed by atoms with E-state index in [2.05, 4.69) is 10.6 Å². The number of benzene rings is 2. The minimum atomic E-state index is -0.687. The van der Waals surface area contributed by atoms with Crippen LogP contribution < -0.4 is 10.6 Å². The third kappa shape index (κ3) is 4.38. The molecule has 30 heavy (non-hydrogen) atoms. The molecule has 0 radical (unpaired) electrons. The van der Waals surface area contributed by atoms with Crippen molar-refractivity contribution in [1.29, 1.82) is 0 Å². The summed E-state index contributed by atoms with van der Waals surface area (Å²) in [5.41, 5.74) is 1.84. The number of hydrogen-bond acceptors (Lipinski definition) is 5. The third-order valence-corrected chi connectivity index (χ3v) is 5.61. The fraction of sp³-hybridized carbons (Fsp3) is 0.136.